The first-order valence-corrected chi connectivity index (χ1v) is 7.43. The summed E-state index contributed by atoms with van der Waals surface area (Å²) in [5, 5.41) is 2.86. The number of amides is 1. The largest absolute Gasteiger partial charge is 0.352 e. The molecule has 5 nitrogen and oxygen atoms in total. The number of benzene rings is 1. The number of nitrogens with two attached hydrogens (primary N) is 1. The van der Waals surface area contributed by atoms with Crippen molar-refractivity contribution in [3.63, 3.8) is 0 Å². The molecule has 132 valence electrons. The van der Waals surface area contributed by atoms with Crippen LogP contribution < -0.4 is 11.1 Å². The number of carbonyl (C=O) groups excluding carboxylic acids is 1. The van der Waals surface area contributed by atoms with Gasteiger partial charge in [0, 0.05) is 30.9 Å². The molecular formula is C16H21Cl2FN4O. The van der Waals surface area contributed by atoms with Gasteiger partial charge in [0.25, 0.3) is 0 Å². The highest BCUT2D eigenvalue weighted by Gasteiger charge is 2.27. The number of hydrogen-bond acceptors (Lipinski definition) is 3. The van der Waals surface area contributed by atoms with Gasteiger partial charge in [0.15, 0.2) is 0 Å². The van der Waals surface area contributed by atoms with Gasteiger partial charge < -0.3 is 15.6 Å². The van der Waals surface area contributed by atoms with Crippen LogP contribution in [-0.4, -0.2) is 21.5 Å². The summed E-state index contributed by atoms with van der Waals surface area (Å²) in [6, 6.07) is 5.06. The summed E-state index contributed by atoms with van der Waals surface area (Å²) < 4.78 is 15.7. The van der Waals surface area contributed by atoms with Gasteiger partial charge in [-0.25, -0.2) is 9.37 Å². The molecule has 0 radical (unpaired) electrons. The summed E-state index contributed by atoms with van der Waals surface area (Å²) in [7, 11) is 0. The minimum atomic E-state index is -0.340. The predicted octanol–water partition coefficient (Wildman–Crippen LogP) is 2.60. The van der Waals surface area contributed by atoms with Crippen molar-refractivity contribution in [1.82, 2.24) is 14.9 Å². The lowest BCUT2D eigenvalue weighted by Crippen LogP contribution is -2.30. The quantitative estimate of drug-likeness (QED) is 0.863. The van der Waals surface area contributed by atoms with Crippen LogP contribution in [0.25, 0.3) is 5.69 Å². The van der Waals surface area contributed by atoms with Gasteiger partial charge in [0.05, 0.1) is 12.0 Å². The van der Waals surface area contributed by atoms with E-state index in [0.717, 1.165) is 24.8 Å². The molecule has 1 aromatic carbocycles. The first-order valence-electron chi connectivity index (χ1n) is 7.43. The maximum absolute atomic E-state index is 14.1. The molecule has 1 aromatic heterocycles. The van der Waals surface area contributed by atoms with Crippen LogP contribution in [-0.2, 0) is 11.3 Å². The third kappa shape index (κ3) is 4.69. The Hall–Kier alpha value is -1.63. The topological polar surface area (TPSA) is 72.9 Å². The van der Waals surface area contributed by atoms with Gasteiger partial charge in [-0.2, -0.15) is 0 Å². The van der Waals surface area contributed by atoms with Crippen LogP contribution in [0.2, 0.25) is 0 Å². The van der Waals surface area contributed by atoms with Crippen molar-refractivity contribution >= 4 is 30.7 Å². The molecule has 1 fully saturated rings. The average molecular weight is 375 g/mol. The number of rotatable bonds is 4. The standard InChI is InChI=1S/C16H19FN4O.2ClH/c17-14-7-11(1-4-15(14)21-6-5-19-10-21)9-20-16(22)12-2-3-13(18)8-12;;/h1,4-7,10,12-13H,2-3,8-9,18H2,(H,20,22);2*1H. The molecule has 8 heteroatoms. The molecule has 0 saturated heterocycles. The highest BCUT2D eigenvalue weighted by molar-refractivity contribution is 5.85. The van der Waals surface area contributed by atoms with E-state index in [1.165, 1.54) is 6.07 Å². The molecule has 2 unspecified atom stereocenters. The molecule has 2 aromatic rings. The maximum atomic E-state index is 14.1. The molecule has 24 heavy (non-hydrogen) atoms. The molecule has 1 aliphatic carbocycles. The fraction of sp³-hybridized carbons (Fsp3) is 0.375. The van der Waals surface area contributed by atoms with Gasteiger partial charge in [-0.15, -0.1) is 24.8 Å². The van der Waals surface area contributed by atoms with E-state index < -0.39 is 0 Å². The summed E-state index contributed by atoms with van der Waals surface area (Å²) in [6.45, 7) is 0.325. The Balaban J connectivity index is 0.00000144. The van der Waals surface area contributed by atoms with E-state index >= 15 is 0 Å². The first kappa shape index (κ1) is 20.4. The van der Waals surface area contributed by atoms with Crippen LogP contribution >= 0.6 is 24.8 Å². The number of imidazole rings is 1. The highest BCUT2D eigenvalue weighted by atomic mass is 35.5. The second-order valence-electron chi connectivity index (χ2n) is 5.74. The molecule has 1 heterocycles. The van der Waals surface area contributed by atoms with Gasteiger partial charge in [0.1, 0.15) is 5.82 Å². The molecule has 0 aliphatic heterocycles. The van der Waals surface area contributed by atoms with E-state index in [2.05, 4.69) is 10.3 Å². The Labute approximate surface area is 152 Å². The number of hydrogen-bond donors (Lipinski definition) is 2. The minimum Gasteiger partial charge on any atom is -0.352 e. The van der Waals surface area contributed by atoms with Gasteiger partial charge in [-0.3, -0.25) is 4.79 Å². The Morgan fingerprint density at radius 2 is 2.17 bits per heavy atom. The first-order chi connectivity index (χ1) is 10.6. The maximum Gasteiger partial charge on any atom is 0.223 e. The second-order valence-corrected chi connectivity index (χ2v) is 5.74. The van der Waals surface area contributed by atoms with Gasteiger partial charge >= 0.3 is 0 Å². The smallest absolute Gasteiger partial charge is 0.223 e. The number of carbonyl (C=O) groups is 1. The number of halogens is 3. The van der Waals surface area contributed by atoms with Crippen LogP contribution in [0.15, 0.2) is 36.9 Å². The fourth-order valence-electron chi connectivity index (χ4n) is 2.86. The number of aromatic nitrogens is 2. The molecule has 2 atom stereocenters. The van der Waals surface area contributed by atoms with E-state index in [-0.39, 0.29) is 48.5 Å². The molecule has 0 bridgehead atoms. The number of nitrogens with one attached hydrogen (secondary N) is 1. The Kier molecular flexibility index (Phi) is 7.66. The zero-order valence-corrected chi connectivity index (χ0v) is 14.7. The van der Waals surface area contributed by atoms with E-state index in [1.807, 2.05) is 0 Å². The SMILES string of the molecule is Cl.Cl.NC1CCC(C(=O)NCc2ccc(-n3ccnc3)c(F)c2)C1. The van der Waals surface area contributed by atoms with Crippen LogP contribution in [0.4, 0.5) is 4.39 Å². The van der Waals surface area contributed by atoms with Gasteiger partial charge in [-0.05, 0) is 37.0 Å². The second kappa shape index (κ2) is 9.01. The van der Waals surface area contributed by atoms with Crippen molar-refractivity contribution in [2.24, 2.45) is 11.7 Å². The van der Waals surface area contributed by atoms with Crippen molar-refractivity contribution < 1.29 is 9.18 Å². The highest BCUT2D eigenvalue weighted by Crippen LogP contribution is 2.24. The normalized spacial score (nSPS) is 19.2. The molecule has 1 amide bonds. The third-order valence-corrected chi connectivity index (χ3v) is 4.11. The lowest BCUT2D eigenvalue weighted by molar-refractivity contribution is -0.125. The summed E-state index contributed by atoms with van der Waals surface area (Å²) in [4.78, 5) is 15.9. The lowest BCUT2D eigenvalue weighted by Gasteiger charge is -2.11. The predicted molar refractivity (Wildman–Crippen MR) is 95.2 cm³/mol. The molecule has 1 saturated carbocycles. The molecule has 3 rings (SSSR count). The Morgan fingerprint density at radius 1 is 1.38 bits per heavy atom. The van der Waals surface area contributed by atoms with Crippen molar-refractivity contribution in [2.75, 3.05) is 0 Å². The Bertz CT molecular complexity index is 666. The zero-order valence-electron chi connectivity index (χ0n) is 13.0. The van der Waals surface area contributed by atoms with Crippen LogP contribution in [0.5, 0.6) is 0 Å². The number of nitrogens with zero attached hydrogens (tertiary/aromatic N) is 2. The Morgan fingerprint density at radius 3 is 2.75 bits per heavy atom. The van der Waals surface area contributed by atoms with E-state index in [4.69, 9.17) is 5.73 Å². The summed E-state index contributed by atoms with van der Waals surface area (Å²) in [5.74, 6) is -0.343. The van der Waals surface area contributed by atoms with Gasteiger partial charge in [0.2, 0.25) is 5.91 Å². The van der Waals surface area contributed by atoms with Crippen LogP contribution in [0, 0.1) is 11.7 Å². The molecular weight excluding hydrogens is 354 g/mol. The van der Waals surface area contributed by atoms with E-state index in [0.29, 0.717) is 12.2 Å². The lowest BCUT2D eigenvalue weighted by atomic mass is 10.1. The van der Waals surface area contributed by atoms with E-state index in [1.54, 1.807) is 35.4 Å². The van der Waals surface area contributed by atoms with E-state index in [9.17, 15) is 9.18 Å². The average Bonchev–Trinajstić information content (AvgIpc) is 3.16. The van der Waals surface area contributed by atoms with Crippen molar-refractivity contribution in [3.8, 4) is 5.69 Å². The van der Waals surface area contributed by atoms with Crippen LogP contribution in [0.1, 0.15) is 24.8 Å². The fourth-order valence-corrected chi connectivity index (χ4v) is 2.86. The molecule has 0 spiro atoms. The van der Waals surface area contributed by atoms with Gasteiger partial charge in [-0.1, -0.05) is 6.07 Å². The minimum absolute atomic E-state index is 0. The van der Waals surface area contributed by atoms with Crippen molar-refractivity contribution in [3.05, 3.63) is 48.3 Å². The van der Waals surface area contributed by atoms with Crippen molar-refractivity contribution in [1.29, 1.82) is 0 Å². The van der Waals surface area contributed by atoms with Crippen molar-refractivity contribution in [2.45, 2.75) is 31.8 Å². The summed E-state index contributed by atoms with van der Waals surface area (Å²) >= 11 is 0. The van der Waals surface area contributed by atoms with Crippen LogP contribution in [0.3, 0.4) is 0 Å². The monoisotopic (exact) mass is 374 g/mol. The third-order valence-electron chi connectivity index (χ3n) is 4.11. The summed E-state index contributed by atoms with van der Waals surface area (Å²) in [5.41, 5.74) is 6.99. The molecule has 3 N–H and O–H groups in total. The zero-order chi connectivity index (χ0) is 15.5. The summed E-state index contributed by atoms with van der Waals surface area (Å²) in [6.07, 6.45) is 7.29. The molecule has 1 aliphatic rings.